The second-order valence-electron chi connectivity index (χ2n) is 5.31. The molecule has 116 valence electrons. The van der Waals surface area contributed by atoms with Crippen LogP contribution >= 0.6 is 27.3 Å². The molecule has 0 saturated carbocycles. The molecule has 2 amide bonds. The zero-order valence-corrected chi connectivity index (χ0v) is 14.3. The van der Waals surface area contributed by atoms with Gasteiger partial charge in [-0.1, -0.05) is 0 Å². The number of carbonyl (C=O) groups excluding carboxylic acids is 1. The minimum atomic E-state index is -0.843. The molecule has 0 aliphatic carbocycles. The van der Waals surface area contributed by atoms with Crippen molar-refractivity contribution < 1.29 is 14.7 Å². The first-order chi connectivity index (χ1) is 9.97. The van der Waals surface area contributed by atoms with Crippen molar-refractivity contribution in [2.75, 3.05) is 13.6 Å². The number of rotatable bonds is 4. The highest BCUT2D eigenvalue weighted by atomic mass is 79.9. The van der Waals surface area contributed by atoms with Crippen LogP contribution in [0.15, 0.2) is 15.9 Å². The molecule has 2 heterocycles. The minimum Gasteiger partial charge on any atom is -0.481 e. The number of likely N-dealkylation sites (tertiary alicyclic amines) is 1. The molecule has 1 aliphatic rings. The van der Waals surface area contributed by atoms with E-state index < -0.39 is 5.97 Å². The molecule has 1 N–H and O–H groups in total. The van der Waals surface area contributed by atoms with Gasteiger partial charge in [0.15, 0.2) is 0 Å². The summed E-state index contributed by atoms with van der Waals surface area (Å²) in [7, 11) is 1.77. The van der Waals surface area contributed by atoms with Gasteiger partial charge in [-0.25, -0.2) is 4.79 Å². The fourth-order valence-corrected chi connectivity index (χ4v) is 4.13. The monoisotopic (exact) mass is 374 g/mol. The Labute approximate surface area is 136 Å². The van der Waals surface area contributed by atoms with Crippen LogP contribution in [0, 0.1) is 0 Å². The summed E-state index contributed by atoms with van der Waals surface area (Å²) in [5.74, 6) is -0.843. The number of amides is 2. The van der Waals surface area contributed by atoms with E-state index in [1.54, 1.807) is 28.2 Å². The maximum Gasteiger partial charge on any atom is 0.320 e. The van der Waals surface area contributed by atoms with Gasteiger partial charge in [-0.2, -0.15) is 0 Å². The predicted molar refractivity (Wildman–Crippen MR) is 85.5 cm³/mol. The third kappa shape index (κ3) is 4.44. The normalized spacial score (nSPS) is 18.6. The summed E-state index contributed by atoms with van der Waals surface area (Å²) in [6.07, 6.45) is 2.74. The smallest absolute Gasteiger partial charge is 0.320 e. The molecule has 2 rings (SSSR count). The Morgan fingerprint density at radius 3 is 2.90 bits per heavy atom. The number of thiophene rings is 1. The Kier molecular flexibility index (Phi) is 5.64. The predicted octanol–water partition coefficient (Wildman–Crippen LogP) is 3.39. The van der Waals surface area contributed by atoms with Gasteiger partial charge in [0.05, 0.1) is 13.0 Å². The average molecular weight is 375 g/mol. The molecule has 7 heteroatoms. The van der Waals surface area contributed by atoms with E-state index in [0.29, 0.717) is 13.1 Å². The molecule has 1 saturated heterocycles. The number of carboxylic acids is 1. The van der Waals surface area contributed by atoms with E-state index in [0.717, 1.165) is 28.6 Å². The van der Waals surface area contributed by atoms with Gasteiger partial charge < -0.3 is 14.9 Å². The summed E-state index contributed by atoms with van der Waals surface area (Å²) in [6.45, 7) is 1.20. The molecular formula is C14H19BrN2O3S. The Balaban J connectivity index is 2.00. The van der Waals surface area contributed by atoms with Crippen molar-refractivity contribution in [2.45, 2.75) is 38.3 Å². The second kappa shape index (κ2) is 7.26. The molecule has 1 aromatic rings. The maximum atomic E-state index is 12.6. The fraction of sp³-hybridized carbons (Fsp3) is 0.571. The molecule has 1 unspecified atom stereocenters. The second-order valence-corrected chi connectivity index (χ2v) is 7.22. The summed E-state index contributed by atoms with van der Waals surface area (Å²) in [4.78, 5) is 28.0. The minimum absolute atomic E-state index is 0.0319. The quantitative estimate of drug-likeness (QED) is 0.878. The Morgan fingerprint density at radius 2 is 2.29 bits per heavy atom. The van der Waals surface area contributed by atoms with E-state index in [1.807, 2.05) is 11.4 Å². The lowest BCUT2D eigenvalue weighted by atomic mass is 10.00. The molecule has 1 fully saturated rings. The van der Waals surface area contributed by atoms with Gasteiger partial charge in [-0.3, -0.25) is 4.79 Å². The number of hydrogen-bond acceptors (Lipinski definition) is 3. The van der Waals surface area contributed by atoms with Crippen molar-refractivity contribution in [1.82, 2.24) is 9.80 Å². The highest BCUT2D eigenvalue weighted by molar-refractivity contribution is 9.10. The molecule has 0 radical (unpaired) electrons. The van der Waals surface area contributed by atoms with Gasteiger partial charge in [0.1, 0.15) is 0 Å². The number of carbonyl (C=O) groups is 2. The molecule has 1 aliphatic heterocycles. The number of aliphatic carboxylic acids is 1. The number of carboxylic acid groups (broad SMARTS) is 1. The zero-order valence-electron chi connectivity index (χ0n) is 11.9. The largest absolute Gasteiger partial charge is 0.481 e. The molecule has 21 heavy (non-hydrogen) atoms. The van der Waals surface area contributed by atoms with Gasteiger partial charge >= 0.3 is 12.0 Å². The lowest BCUT2D eigenvalue weighted by molar-refractivity contribution is -0.138. The van der Waals surface area contributed by atoms with Crippen molar-refractivity contribution in [3.8, 4) is 0 Å². The third-order valence-corrected chi connectivity index (χ3v) is 5.31. The van der Waals surface area contributed by atoms with E-state index >= 15 is 0 Å². The number of nitrogens with zero attached hydrogens (tertiary/aromatic N) is 2. The van der Waals surface area contributed by atoms with E-state index in [4.69, 9.17) is 5.11 Å². The Hall–Kier alpha value is -1.08. The average Bonchev–Trinajstić information content (AvgIpc) is 2.83. The molecule has 0 aromatic carbocycles. The topological polar surface area (TPSA) is 60.9 Å². The highest BCUT2D eigenvalue weighted by Gasteiger charge is 2.30. The molecule has 1 aromatic heterocycles. The van der Waals surface area contributed by atoms with Crippen molar-refractivity contribution >= 4 is 39.3 Å². The first-order valence-electron chi connectivity index (χ1n) is 6.94. The van der Waals surface area contributed by atoms with E-state index in [1.165, 1.54) is 0 Å². The van der Waals surface area contributed by atoms with Crippen molar-refractivity contribution in [3.05, 3.63) is 20.8 Å². The summed E-state index contributed by atoms with van der Waals surface area (Å²) >= 11 is 5.00. The Bertz CT molecular complexity index is 520. The molecule has 1 atom stereocenters. The van der Waals surface area contributed by atoms with Crippen LogP contribution < -0.4 is 0 Å². The van der Waals surface area contributed by atoms with E-state index in [2.05, 4.69) is 15.9 Å². The van der Waals surface area contributed by atoms with Crippen LogP contribution in [-0.2, 0) is 11.3 Å². The summed E-state index contributed by atoms with van der Waals surface area (Å²) in [6, 6.07) is 1.74. The lowest BCUT2D eigenvalue weighted by Crippen LogP contribution is -2.49. The number of hydrogen-bond donors (Lipinski definition) is 1. The molecular weight excluding hydrogens is 356 g/mol. The van der Waals surface area contributed by atoms with Crippen LogP contribution in [0.3, 0.4) is 0 Å². The summed E-state index contributed by atoms with van der Waals surface area (Å²) < 4.78 is 1.02. The van der Waals surface area contributed by atoms with Gasteiger partial charge in [0, 0.05) is 34.4 Å². The van der Waals surface area contributed by atoms with E-state index in [-0.39, 0.29) is 18.5 Å². The molecule has 5 nitrogen and oxygen atoms in total. The highest BCUT2D eigenvalue weighted by Crippen LogP contribution is 2.24. The first-order valence-corrected chi connectivity index (χ1v) is 8.61. The van der Waals surface area contributed by atoms with Crippen LogP contribution in [0.4, 0.5) is 4.79 Å². The zero-order chi connectivity index (χ0) is 15.4. The Morgan fingerprint density at radius 1 is 1.52 bits per heavy atom. The van der Waals surface area contributed by atoms with Crippen molar-refractivity contribution in [2.24, 2.45) is 0 Å². The van der Waals surface area contributed by atoms with Crippen LogP contribution in [0.5, 0.6) is 0 Å². The standard InChI is InChI=1S/C14H19BrN2O3S/c1-16(8-12-6-10(15)9-21-12)14(20)17-5-3-2-4-11(17)7-13(18)19/h6,9,11H,2-5,7-8H2,1H3,(H,18,19). The fourth-order valence-electron chi connectivity index (χ4n) is 2.62. The number of urea groups is 1. The molecule has 0 bridgehead atoms. The number of piperidine rings is 1. The van der Waals surface area contributed by atoms with Crippen LogP contribution in [0.2, 0.25) is 0 Å². The van der Waals surface area contributed by atoms with Gasteiger partial charge in [0.25, 0.3) is 0 Å². The van der Waals surface area contributed by atoms with E-state index in [9.17, 15) is 9.59 Å². The first kappa shape index (κ1) is 16.3. The van der Waals surface area contributed by atoms with Crippen LogP contribution in [0.25, 0.3) is 0 Å². The van der Waals surface area contributed by atoms with Crippen LogP contribution in [-0.4, -0.2) is 46.5 Å². The van der Waals surface area contributed by atoms with Gasteiger partial charge in [0.2, 0.25) is 0 Å². The number of halogens is 1. The summed E-state index contributed by atoms with van der Waals surface area (Å²) in [5, 5.41) is 11.0. The van der Waals surface area contributed by atoms with Gasteiger partial charge in [-0.05, 0) is 41.3 Å². The van der Waals surface area contributed by atoms with Crippen molar-refractivity contribution in [1.29, 1.82) is 0 Å². The van der Waals surface area contributed by atoms with Crippen molar-refractivity contribution in [3.63, 3.8) is 0 Å². The van der Waals surface area contributed by atoms with Gasteiger partial charge in [-0.15, -0.1) is 11.3 Å². The van der Waals surface area contributed by atoms with Crippen LogP contribution in [0.1, 0.15) is 30.6 Å². The SMILES string of the molecule is CN(Cc1cc(Br)cs1)C(=O)N1CCCCC1CC(=O)O. The summed E-state index contributed by atoms with van der Waals surface area (Å²) in [5.41, 5.74) is 0. The third-order valence-electron chi connectivity index (χ3n) is 3.62. The molecule has 0 spiro atoms. The maximum absolute atomic E-state index is 12.6. The lowest BCUT2D eigenvalue weighted by Gasteiger charge is -2.37.